The van der Waals surface area contributed by atoms with Crippen molar-refractivity contribution >= 4 is 40.6 Å². The van der Waals surface area contributed by atoms with E-state index in [1.165, 1.54) is 34.6 Å². The van der Waals surface area contributed by atoms with Crippen molar-refractivity contribution in [2.45, 2.75) is 22.6 Å². The van der Waals surface area contributed by atoms with Gasteiger partial charge in [0.15, 0.2) is 4.34 Å². The molecule has 0 atom stereocenters. The molecule has 0 bridgehead atoms. The summed E-state index contributed by atoms with van der Waals surface area (Å²) in [5, 5.41) is 10.6. The van der Waals surface area contributed by atoms with Gasteiger partial charge in [-0.3, -0.25) is 0 Å². The Balaban J connectivity index is 2.11. The minimum absolute atomic E-state index is 0.350. The second-order valence-electron chi connectivity index (χ2n) is 2.88. The van der Waals surface area contributed by atoms with Crippen molar-refractivity contribution in [1.29, 1.82) is 0 Å². The first-order valence-corrected chi connectivity index (χ1v) is 6.98. The van der Waals surface area contributed by atoms with Gasteiger partial charge in [-0.2, -0.15) is 4.37 Å². The van der Waals surface area contributed by atoms with Crippen LogP contribution in [0, 0.1) is 0 Å². The van der Waals surface area contributed by atoms with Crippen LogP contribution in [0.4, 0.5) is 0 Å². The highest BCUT2D eigenvalue weighted by molar-refractivity contribution is 8.01. The Labute approximate surface area is 105 Å². The summed E-state index contributed by atoms with van der Waals surface area (Å²) in [6.45, 7) is 2.00. The maximum Gasteiger partial charge on any atom is 0.345 e. The molecular weight excluding hydrogens is 264 g/mol. The SMILES string of the molecule is CCc1nsc(Sc2csc(C(=O)O)c2)n1. The molecule has 0 fully saturated rings. The Kier molecular flexibility index (Phi) is 3.57. The summed E-state index contributed by atoms with van der Waals surface area (Å²) in [6, 6.07) is 1.66. The van der Waals surface area contributed by atoms with Gasteiger partial charge in [0.05, 0.1) is 0 Å². The van der Waals surface area contributed by atoms with Gasteiger partial charge in [-0.15, -0.1) is 11.3 Å². The summed E-state index contributed by atoms with van der Waals surface area (Å²) in [6.07, 6.45) is 0.821. The van der Waals surface area contributed by atoms with E-state index in [4.69, 9.17) is 5.11 Å². The van der Waals surface area contributed by atoms with Crippen LogP contribution >= 0.6 is 34.6 Å². The van der Waals surface area contributed by atoms with E-state index >= 15 is 0 Å². The van der Waals surface area contributed by atoms with Gasteiger partial charge in [0, 0.05) is 16.7 Å². The van der Waals surface area contributed by atoms with Crippen LogP contribution in [-0.4, -0.2) is 20.4 Å². The van der Waals surface area contributed by atoms with Gasteiger partial charge in [0.25, 0.3) is 0 Å². The zero-order chi connectivity index (χ0) is 11.5. The van der Waals surface area contributed by atoms with Crippen molar-refractivity contribution < 1.29 is 9.90 Å². The summed E-state index contributed by atoms with van der Waals surface area (Å²) in [7, 11) is 0. The molecule has 0 saturated carbocycles. The number of aryl methyl sites for hydroxylation is 1. The van der Waals surface area contributed by atoms with E-state index in [0.717, 1.165) is 21.5 Å². The van der Waals surface area contributed by atoms with Crippen LogP contribution in [0.5, 0.6) is 0 Å². The van der Waals surface area contributed by atoms with Crippen molar-refractivity contribution in [2.24, 2.45) is 0 Å². The molecule has 16 heavy (non-hydrogen) atoms. The van der Waals surface area contributed by atoms with E-state index in [1.807, 2.05) is 12.3 Å². The quantitative estimate of drug-likeness (QED) is 0.927. The fourth-order valence-corrected chi connectivity index (χ4v) is 3.61. The summed E-state index contributed by atoms with van der Waals surface area (Å²) < 4.78 is 5.02. The number of carboxylic acids is 1. The standard InChI is InChI=1S/C9H8N2O2S3/c1-2-7-10-9(16-11-7)15-5-3-6(8(12)13)14-4-5/h3-4H,2H2,1H3,(H,12,13). The zero-order valence-electron chi connectivity index (χ0n) is 8.34. The topological polar surface area (TPSA) is 63.1 Å². The average Bonchev–Trinajstić information content (AvgIpc) is 2.87. The highest BCUT2D eigenvalue weighted by atomic mass is 32.2. The molecule has 0 radical (unpaired) electrons. The fourth-order valence-electron chi connectivity index (χ4n) is 1.01. The first-order chi connectivity index (χ1) is 7.69. The molecule has 7 heteroatoms. The van der Waals surface area contributed by atoms with E-state index in [0.29, 0.717) is 4.88 Å². The van der Waals surface area contributed by atoms with Gasteiger partial charge in [-0.1, -0.05) is 18.7 Å². The Morgan fingerprint density at radius 1 is 1.62 bits per heavy atom. The lowest BCUT2D eigenvalue weighted by atomic mass is 10.5. The lowest BCUT2D eigenvalue weighted by Gasteiger charge is -1.89. The third kappa shape index (κ3) is 2.60. The first kappa shape index (κ1) is 11.6. The van der Waals surface area contributed by atoms with Crippen molar-refractivity contribution in [3.05, 3.63) is 22.1 Å². The second kappa shape index (κ2) is 4.94. The smallest absolute Gasteiger partial charge is 0.345 e. The molecule has 1 N–H and O–H groups in total. The maximum atomic E-state index is 10.7. The van der Waals surface area contributed by atoms with Crippen molar-refractivity contribution in [2.75, 3.05) is 0 Å². The molecule has 0 aliphatic carbocycles. The molecule has 4 nitrogen and oxygen atoms in total. The zero-order valence-corrected chi connectivity index (χ0v) is 10.8. The van der Waals surface area contributed by atoms with Crippen LogP contribution in [0.15, 0.2) is 20.7 Å². The molecular formula is C9H8N2O2S3. The van der Waals surface area contributed by atoms with Crippen LogP contribution < -0.4 is 0 Å². The van der Waals surface area contributed by atoms with E-state index in [-0.39, 0.29) is 0 Å². The van der Waals surface area contributed by atoms with Gasteiger partial charge in [-0.25, -0.2) is 9.78 Å². The average molecular weight is 272 g/mol. The number of thiophene rings is 1. The third-order valence-corrected chi connectivity index (χ3v) is 4.58. The minimum atomic E-state index is -0.886. The Morgan fingerprint density at radius 3 is 3.00 bits per heavy atom. The molecule has 2 aromatic heterocycles. The van der Waals surface area contributed by atoms with Crippen LogP contribution in [-0.2, 0) is 6.42 Å². The number of hydrogen-bond acceptors (Lipinski definition) is 6. The molecule has 0 aliphatic rings. The van der Waals surface area contributed by atoms with Gasteiger partial charge >= 0.3 is 5.97 Å². The van der Waals surface area contributed by atoms with E-state index in [2.05, 4.69) is 9.36 Å². The van der Waals surface area contributed by atoms with Gasteiger partial charge in [-0.05, 0) is 17.6 Å². The Hall–Kier alpha value is -0.920. The van der Waals surface area contributed by atoms with E-state index in [9.17, 15) is 4.79 Å². The number of aromatic nitrogens is 2. The van der Waals surface area contributed by atoms with E-state index in [1.54, 1.807) is 6.07 Å². The predicted molar refractivity (Wildman–Crippen MR) is 64.7 cm³/mol. The molecule has 0 aliphatic heterocycles. The van der Waals surface area contributed by atoms with Crippen molar-refractivity contribution in [3.63, 3.8) is 0 Å². The molecule has 84 valence electrons. The number of nitrogens with zero attached hydrogens (tertiary/aromatic N) is 2. The predicted octanol–water partition coefficient (Wildman–Crippen LogP) is 3.01. The number of aromatic carboxylic acids is 1. The maximum absolute atomic E-state index is 10.7. The molecule has 0 spiro atoms. The monoisotopic (exact) mass is 272 g/mol. The Morgan fingerprint density at radius 2 is 2.44 bits per heavy atom. The van der Waals surface area contributed by atoms with Crippen LogP contribution in [0.25, 0.3) is 0 Å². The number of hydrogen-bond donors (Lipinski definition) is 1. The third-order valence-electron chi connectivity index (χ3n) is 1.76. The highest BCUT2D eigenvalue weighted by Gasteiger charge is 2.10. The lowest BCUT2D eigenvalue weighted by Crippen LogP contribution is -1.89. The molecule has 2 heterocycles. The van der Waals surface area contributed by atoms with Crippen LogP contribution in [0.3, 0.4) is 0 Å². The molecule has 0 amide bonds. The van der Waals surface area contributed by atoms with Gasteiger partial charge in [0.2, 0.25) is 0 Å². The molecule has 0 aromatic carbocycles. The number of rotatable bonds is 4. The molecule has 0 saturated heterocycles. The lowest BCUT2D eigenvalue weighted by molar-refractivity contribution is 0.0702. The summed E-state index contributed by atoms with van der Waals surface area (Å²) in [4.78, 5) is 16.3. The second-order valence-corrected chi connectivity index (χ2v) is 5.87. The minimum Gasteiger partial charge on any atom is -0.477 e. The first-order valence-electron chi connectivity index (χ1n) is 4.51. The van der Waals surface area contributed by atoms with Crippen molar-refractivity contribution in [3.8, 4) is 0 Å². The summed E-state index contributed by atoms with van der Waals surface area (Å²) in [5.41, 5.74) is 0. The largest absolute Gasteiger partial charge is 0.477 e. The number of carbonyl (C=O) groups is 1. The Bertz CT molecular complexity index is 506. The fraction of sp³-hybridized carbons (Fsp3) is 0.222. The van der Waals surface area contributed by atoms with Crippen molar-refractivity contribution in [1.82, 2.24) is 9.36 Å². The van der Waals surface area contributed by atoms with Gasteiger partial charge in [0.1, 0.15) is 10.7 Å². The summed E-state index contributed by atoms with van der Waals surface area (Å²) in [5.74, 6) is -0.0513. The van der Waals surface area contributed by atoms with Crippen LogP contribution in [0.1, 0.15) is 22.4 Å². The number of carboxylic acid groups (broad SMARTS) is 1. The van der Waals surface area contributed by atoms with Crippen LogP contribution in [0.2, 0.25) is 0 Å². The molecule has 2 rings (SSSR count). The molecule has 0 unspecified atom stereocenters. The highest BCUT2D eigenvalue weighted by Crippen LogP contribution is 2.32. The van der Waals surface area contributed by atoms with E-state index < -0.39 is 5.97 Å². The van der Waals surface area contributed by atoms with Gasteiger partial charge < -0.3 is 5.11 Å². The normalized spacial score (nSPS) is 10.6. The molecule has 2 aromatic rings. The summed E-state index contributed by atoms with van der Waals surface area (Å²) >= 11 is 4.03.